The van der Waals surface area contributed by atoms with Crippen LogP contribution in [0.15, 0.2) is 34.9 Å². The SMILES string of the molecule is Cc1cc(NCCc2nc(C(C)C)no2)n2c(nc3ccccc32)c1C#N. The molecule has 1 aromatic carbocycles. The van der Waals surface area contributed by atoms with Crippen molar-refractivity contribution in [3.8, 4) is 6.07 Å². The summed E-state index contributed by atoms with van der Waals surface area (Å²) in [4.78, 5) is 9.06. The van der Waals surface area contributed by atoms with E-state index in [0.29, 0.717) is 30.1 Å². The van der Waals surface area contributed by atoms with Crippen LogP contribution in [-0.2, 0) is 6.42 Å². The summed E-state index contributed by atoms with van der Waals surface area (Å²) in [6.45, 7) is 6.63. The van der Waals surface area contributed by atoms with Crippen molar-refractivity contribution < 1.29 is 4.52 Å². The Hall–Kier alpha value is -3.40. The first-order chi connectivity index (χ1) is 13.1. The number of aryl methyl sites for hydroxylation is 1. The molecule has 0 bridgehead atoms. The number of nitriles is 1. The van der Waals surface area contributed by atoms with Crippen LogP contribution in [0, 0.1) is 18.3 Å². The fraction of sp³-hybridized carbons (Fsp3) is 0.300. The van der Waals surface area contributed by atoms with Crippen LogP contribution in [0.2, 0.25) is 0 Å². The van der Waals surface area contributed by atoms with Gasteiger partial charge in [0, 0.05) is 18.9 Å². The third-order valence-corrected chi connectivity index (χ3v) is 4.53. The summed E-state index contributed by atoms with van der Waals surface area (Å²) in [5.74, 6) is 2.47. The van der Waals surface area contributed by atoms with Gasteiger partial charge in [0.2, 0.25) is 5.89 Å². The third kappa shape index (κ3) is 2.99. The molecule has 3 aromatic heterocycles. The van der Waals surface area contributed by atoms with Crippen LogP contribution in [0.5, 0.6) is 0 Å². The molecule has 0 aliphatic rings. The summed E-state index contributed by atoms with van der Waals surface area (Å²) >= 11 is 0. The predicted octanol–water partition coefficient (Wildman–Crippen LogP) is 3.83. The standard InChI is InChI=1S/C20H20N6O/c1-12(2)19-24-18(27-25-19)8-9-22-17-10-13(3)14(11-21)20-23-15-6-4-5-7-16(15)26(17)20/h4-7,10,12,22H,8-9H2,1-3H3. The number of fused-ring (bicyclic) bond motifs is 3. The number of hydrogen-bond donors (Lipinski definition) is 1. The lowest BCUT2D eigenvalue weighted by atomic mass is 10.1. The van der Waals surface area contributed by atoms with E-state index < -0.39 is 0 Å². The van der Waals surface area contributed by atoms with E-state index in [9.17, 15) is 5.26 Å². The number of imidazole rings is 1. The van der Waals surface area contributed by atoms with Gasteiger partial charge in [-0.3, -0.25) is 4.40 Å². The van der Waals surface area contributed by atoms with Gasteiger partial charge in [-0.1, -0.05) is 31.1 Å². The predicted molar refractivity (Wildman–Crippen MR) is 103 cm³/mol. The fourth-order valence-corrected chi connectivity index (χ4v) is 3.13. The Morgan fingerprint density at radius 2 is 2.07 bits per heavy atom. The van der Waals surface area contributed by atoms with Gasteiger partial charge in [0.15, 0.2) is 11.5 Å². The molecule has 136 valence electrons. The molecule has 0 fully saturated rings. The monoisotopic (exact) mass is 360 g/mol. The molecule has 0 atom stereocenters. The molecule has 1 N–H and O–H groups in total. The minimum atomic E-state index is 0.244. The van der Waals surface area contributed by atoms with Crippen LogP contribution in [0.3, 0.4) is 0 Å². The molecule has 4 rings (SSSR count). The quantitative estimate of drug-likeness (QED) is 0.581. The second-order valence-corrected chi connectivity index (χ2v) is 6.84. The molecule has 0 saturated heterocycles. The van der Waals surface area contributed by atoms with Gasteiger partial charge >= 0.3 is 0 Å². The molecule has 0 unspecified atom stereocenters. The third-order valence-electron chi connectivity index (χ3n) is 4.53. The Labute approximate surface area is 156 Å². The molecule has 0 amide bonds. The Kier molecular flexibility index (Phi) is 4.24. The first-order valence-corrected chi connectivity index (χ1v) is 8.95. The number of hydrogen-bond acceptors (Lipinski definition) is 6. The molecule has 4 aromatic rings. The Balaban J connectivity index is 1.67. The number of nitrogens with one attached hydrogen (secondary N) is 1. The molecular formula is C20H20N6O. The maximum Gasteiger partial charge on any atom is 0.228 e. The smallest absolute Gasteiger partial charge is 0.228 e. The van der Waals surface area contributed by atoms with Crippen LogP contribution in [0.1, 0.15) is 42.6 Å². The molecule has 7 nitrogen and oxygen atoms in total. The maximum absolute atomic E-state index is 9.55. The summed E-state index contributed by atoms with van der Waals surface area (Å²) < 4.78 is 7.30. The molecule has 0 radical (unpaired) electrons. The van der Waals surface area contributed by atoms with Gasteiger partial charge in [-0.2, -0.15) is 10.2 Å². The van der Waals surface area contributed by atoms with Gasteiger partial charge < -0.3 is 9.84 Å². The average Bonchev–Trinajstić information content (AvgIpc) is 3.26. The van der Waals surface area contributed by atoms with Crippen LogP contribution >= 0.6 is 0 Å². The molecule has 27 heavy (non-hydrogen) atoms. The zero-order chi connectivity index (χ0) is 19.0. The number of pyridine rings is 1. The topological polar surface area (TPSA) is 92.0 Å². The summed E-state index contributed by atoms with van der Waals surface area (Å²) in [5.41, 5.74) is 3.98. The summed E-state index contributed by atoms with van der Waals surface area (Å²) in [5, 5.41) is 17.0. The van der Waals surface area contributed by atoms with E-state index in [1.54, 1.807) is 0 Å². The van der Waals surface area contributed by atoms with E-state index >= 15 is 0 Å². The minimum Gasteiger partial charge on any atom is -0.371 e. The molecule has 0 spiro atoms. The maximum atomic E-state index is 9.55. The van der Waals surface area contributed by atoms with Gasteiger partial charge in [0.1, 0.15) is 11.9 Å². The molecule has 0 aliphatic heterocycles. The van der Waals surface area contributed by atoms with E-state index in [4.69, 9.17) is 4.52 Å². The lowest BCUT2D eigenvalue weighted by molar-refractivity contribution is 0.373. The van der Waals surface area contributed by atoms with Gasteiger partial charge in [-0.25, -0.2) is 4.98 Å². The number of nitrogens with zero attached hydrogens (tertiary/aromatic N) is 5. The average molecular weight is 360 g/mol. The van der Waals surface area contributed by atoms with Crippen molar-refractivity contribution >= 4 is 22.5 Å². The summed E-state index contributed by atoms with van der Waals surface area (Å²) in [6, 6.07) is 12.1. The highest BCUT2D eigenvalue weighted by Gasteiger charge is 2.15. The Morgan fingerprint density at radius 1 is 1.26 bits per heavy atom. The number of aromatic nitrogens is 4. The number of anilines is 1. The minimum absolute atomic E-state index is 0.244. The summed E-state index contributed by atoms with van der Waals surface area (Å²) in [7, 11) is 0. The zero-order valence-electron chi connectivity index (χ0n) is 15.5. The van der Waals surface area contributed by atoms with Gasteiger partial charge in [-0.05, 0) is 30.7 Å². The van der Waals surface area contributed by atoms with Crippen LogP contribution in [-0.4, -0.2) is 26.1 Å². The normalized spacial score (nSPS) is 11.4. The lowest BCUT2D eigenvalue weighted by Gasteiger charge is -2.11. The van der Waals surface area contributed by atoms with Crippen molar-refractivity contribution in [2.45, 2.75) is 33.1 Å². The van der Waals surface area contributed by atoms with E-state index in [1.807, 2.05) is 55.5 Å². The van der Waals surface area contributed by atoms with Crippen LogP contribution < -0.4 is 5.32 Å². The molecular weight excluding hydrogens is 340 g/mol. The van der Waals surface area contributed by atoms with Crippen molar-refractivity contribution in [2.24, 2.45) is 0 Å². The van der Waals surface area contributed by atoms with Crippen molar-refractivity contribution in [3.63, 3.8) is 0 Å². The molecule has 0 saturated carbocycles. The highest BCUT2D eigenvalue weighted by molar-refractivity contribution is 5.85. The van der Waals surface area contributed by atoms with E-state index in [1.165, 1.54) is 0 Å². The van der Waals surface area contributed by atoms with E-state index in [0.717, 1.165) is 28.2 Å². The number of rotatable bonds is 5. The lowest BCUT2D eigenvalue weighted by Crippen LogP contribution is -2.10. The largest absolute Gasteiger partial charge is 0.371 e. The highest BCUT2D eigenvalue weighted by atomic mass is 16.5. The van der Waals surface area contributed by atoms with Crippen molar-refractivity contribution in [1.82, 2.24) is 19.5 Å². The Bertz CT molecular complexity index is 1160. The first-order valence-electron chi connectivity index (χ1n) is 8.95. The summed E-state index contributed by atoms with van der Waals surface area (Å²) in [6.07, 6.45) is 0.618. The Morgan fingerprint density at radius 3 is 2.81 bits per heavy atom. The molecule has 7 heteroatoms. The van der Waals surface area contributed by atoms with E-state index in [2.05, 4.69) is 26.5 Å². The van der Waals surface area contributed by atoms with Gasteiger partial charge in [0.05, 0.1) is 16.6 Å². The number of para-hydroxylation sites is 2. The van der Waals surface area contributed by atoms with Crippen molar-refractivity contribution in [1.29, 1.82) is 5.26 Å². The van der Waals surface area contributed by atoms with Crippen LogP contribution in [0.4, 0.5) is 5.82 Å². The number of benzene rings is 1. The second kappa shape index (κ2) is 6.72. The molecule has 0 aliphatic carbocycles. The van der Waals surface area contributed by atoms with Crippen molar-refractivity contribution in [3.05, 3.63) is 53.2 Å². The van der Waals surface area contributed by atoms with Gasteiger partial charge in [0.25, 0.3) is 0 Å². The van der Waals surface area contributed by atoms with Gasteiger partial charge in [-0.15, -0.1) is 0 Å². The van der Waals surface area contributed by atoms with Crippen LogP contribution in [0.25, 0.3) is 16.7 Å². The van der Waals surface area contributed by atoms with E-state index in [-0.39, 0.29) is 5.92 Å². The van der Waals surface area contributed by atoms with Crippen molar-refractivity contribution in [2.75, 3.05) is 11.9 Å². The first kappa shape index (κ1) is 17.0. The zero-order valence-corrected chi connectivity index (χ0v) is 15.5. The second-order valence-electron chi connectivity index (χ2n) is 6.84. The fourth-order valence-electron chi connectivity index (χ4n) is 3.13. The highest BCUT2D eigenvalue weighted by Crippen LogP contribution is 2.26. The molecule has 3 heterocycles.